The van der Waals surface area contributed by atoms with Gasteiger partial charge in [-0.25, -0.2) is 0 Å². The van der Waals surface area contributed by atoms with Gasteiger partial charge in [-0.2, -0.15) is 0 Å². The van der Waals surface area contributed by atoms with E-state index in [4.69, 9.17) is 0 Å². The van der Waals surface area contributed by atoms with E-state index < -0.39 is 0 Å². The zero-order valence-corrected chi connectivity index (χ0v) is 9.01. The predicted octanol–water partition coefficient (Wildman–Crippen LogP) is 3.57. The van der Waals surface area contributed by atoms with Crippen LogP contribution in [-0.2, 0) is 4.79 Å². The van der Waals surface area contributed by atoms with Crippen molar-refractivity contribution in [2.75, 3.05) is 0 Å². The molecule has 0 bridgehead atoms. The van der Waals surface area contributed by atoms with E-state index in [1.807, 2.05) is 0 Å². The highest BCUT2D eigenvalue weighted by molar-refractivity contribution is 5.81. The minimum Gasteiger partial charge on any atom is -0.299 e. The van der Waals surface area contributed by atoms with E-state index in [1.165, 1.54) is 25.7 Å². The van der Waals surface area contributed by atoms with Crippen LogP contribution in [0.4, 0.5) is 0 Å². The van der Waals surface area contributed by atoms with E-state index in [2.05, 4.69) is 13.8 Å². The molecule has 0 N–H and O–H groups in total. The van der Waals surface area contributed by atoms with Crippen molar-refractivity contribution in [3.8, 4) is 0 Å². The van der Waals surface area contributed by atoms with Crippen LogP contribution < -0.4 is 0 Å². The Bertz CT molecular complexity index is 153. The normalized spacial score (nSPS) is 18.4. The zero-order valence-electron chi connectivity index (χ0n) is 9.01. The molecular formula is C12H22O. The lowest BCUT2D eigenvalue weighted by atomic mass is 9.90. The Labute approximate surface area is 81.9 Å². The largest absolute Gasteiger partial charge is 0.299 e. The van der Waals surface area contributed by atoms with E-state index in [0.717, 1.165) is 25.2 Å². The fourth-order valence-electron chi connectivity index (χ4n) is 2.41. The molecule has 0 aromatic rings. The average molecular weight is 182 g/mol. The lowest BCUT2D eigenvalue weighted by molar-refractivity contribution is -0.123. The fourth-order valence-corrected chi connectivity index (χ4v) is 2.41. The SMILES string of the molecule is CCC(CC)C(=O)CC1CCCC1. The summed E-state index contributed by atoms with van der Waals surface area (Å²) in [6, 6.07) is 0. The van der Waals surface area contributed by atoms with Crippen LogP contribution in [0.15, 0.2) is 0 Å². The summed E-state index contributed by atoms with van der Waals surface area (Å²) in [5, 5.41) is 0. The standard InChI is InChI=1S/C12H22O/c1-3-11(4-2)12(13)9-10-7-5-6-8-10/h10-11H,3-9H2,1-2H3. The van der Waals surface area contributed by atoms with E-state index >= 15 is 0 Å². The zero-order chi connectivity index (χ0) is 9.68. The van der Waals surface area contributed by atoms with Crippen LogP contribution in [0.1, 0.15) is 58.8 Å². The maximum atomic E-state index is 11.8. The van der Waals surface area contributed by atoms with E-state index in [-0.39, 0.29) is 0 Å². The first-order chi connectivity index (χ1) is 6.27. The summed E-state index contributed by atoms with van der Waals surface area (Å²) in [5.74, 6) is 1.60. The summed E-state index contributed by atoms with van der Waals surface area (Å²) >= 11 is 0. The molecule has 1 aliphatic rings. The van der Waals surface area contributed by atoms with Crippen molar-refractivity contribution in [3.05, 3.63) is 0 Å². The fraction of sp³-hybridized carbons (Fsp3) is 0.917. The molecule has 0 spiro atoms. The summed E-state index contributed by atoms with van der Waals surface area (Å²) in [6.45, 7) is 4.25. The lowest BCUT2D eigenvalue weighted by Crippen LogP contribution is -2.15. The third-order valence-corrected chi connectivity index (χ3v) is 3.41. The Kier molecular flexibility index (Phi) is 4.47. The second-order valence-corrected chi connectivity index (χ2v) is 4.33. The highest BCUT2D eigenvalue weighted by Crippen LogP contribution is 2.29. The molecule has 0 aromatic carbocycles. The van der Waals surface area contributed by atoms with Crippen molar-refractivity contribution in [2.45, 2.75) is 58.8 Å². The summed E-state index contributed by atoms with van der Waals surface area (Å²) in [4.78, 5) is 11.8. The Balaban J connectivity index is 2.29. The van der Waals surface area contributed by atoms with Gasteiger partial charge in [0, 0.05) is 12.3 Å². The summed E-state index contributed by atoms with van der Waals surface area (Å²) in [6.07, 6.45) is 8.22. The summed E-state index contributed by atoms with van der Waals surface area (Å²) < 4.78 is 0. The molecule has 0 aliphatic heterocycles. The van der Waals surface area contributed by atoms with Gasteiger partial charge in [0.05, 0.1) is 0 Å². The van der Waals surface area contributed by atoms with Gasteiger partial charge in [0.2, 0.25) is 0 Å². The van der Waals surface area contributed by atoms with Gasteiger partial charge in [0.25, 0.3) is 0 Å². The summed E-state index contributed by atoms with van der Waals surface area (Å²) in [5.41, 5.74) is 0. The van der Waals surface area contributed by atoms with Gasteiger partial charge in [0.15, 0.2) is 0 Å². The van der Waals surface area contributed by atoms with E-state index in [0.29, 0.717) is 11.7 Å². The minimum atomic E-state index is 0.348. The quantitative estimate of drug-likeness (QED) is 0.635. The highest BCUT2D eigenvalue weighted by atomic mass is 16.1. The molecule has 1 aliphatic carbocycles. The van der Waals surface area contributed by atoms with Gasteiger partial charge in [-0.05, 0) is 18.8 Å². The second-order valence-electron chi connectivity index (χ2n) is 4.33. The van der Waals surface area contributed by atoms with Crippen molar-refractivity contribution >= 4 is 5.78 Å². The number of Topliss-reactive ketones (excluding diaryl/α,β-unsaturated/α-hetero) is 1. The van der Waals surface area contributed by atoms with Crippen LogP contribution in [0.5, 0.6) is 0 Å². The lowest BCUT2D eigenvalue weighted by Gasteiger charge is -2.14. The number of hydrogen-bond acceptors (Lipinski definition) is 1. The molecule has 1 rings (SSSR count). The molecule has 1 fully saturated rings. The van der Waals surface area contributed by atoms with Crippen molar-refractivity contribution in [1.29, 1.82) is 0 Å². The molecule has 0 atom stereocenters. The number of hydrogen-bond donors (Lipinski definition) is 0. The maximum Gasteiger partial charge on any atom is 0.136 e. The smallest absolute Gasteiger partial charge is 0.136 e. The van der Waals surface area contributed by atoms with Crippen molar-refractivity contribution in [3.63, 3.8) is 0 Å². The van der Waals surface area contributed by atoms with Crippen LogP contribution >= 0.6 is 0 Å². The van der Waals surface area contributed by atoms with Crippen LogP contribution in [-0.4, -0.2) is 5.78 Å². The third-order valence-electron chi connectivity index (χ3n) is 3.41. The molecule has 0 radical (unpaired) electrons. The molecule has 0 amide bonds. The minimum absolute atomic E-state index is 0.348. The van der Waals surface area contributed by atoms with Gasteiger partial charge in [-0.3, -0.25) is 4.79 Å². The summed E-state index contributed by atoms with van der Waals surface area (Å²) in [7, 11) is 0. The Hall–Kier alpha value is -0.330. The van der Waals surface area contributed by atoms with Crippen LogP contribution in [0.3, 0.4) is 0 Å². The van der Waals surface area contributed by atoms with Crippen molar-refractivity contribution in [1.82, 2.24) is 0 Å². The van der Waals surface area contributed by atoms with Gasteiger partial charge in [0.1, 0.15) is 5.78 Å². The van der Waals surface area contributed by atoms with Gasteiger partial charge in [-0.15, -0.1) is 0 Å². The van der Waals surface area contributed by atoms with Crippen molar-refractivity contribution < 1.29 is 4.79 Å². The van der Waals surface area contributed by atoms with Gasteiger partial charge in [-0.1, -0.05) is 39.5 Å². The van der Waals surface area contributed by atoms with E-state index in [9.17, 15) is 4.79 Å². The highest BCUT2D eigenvalue weighted by Gasteiger charge is 2.21. The van der Waals surface area contributed by atoms with Crippen LogP contribution in [0.25, 0.3) is 0 Å². The predicted molar refractivity (Wildman–Crippen MR) is 55.7 cm³/mol. The topological polar surface area (TPSA) is 17.1 Å². The van der Waals surface area contributed by atoms with Gasteiger partial charge >= 0.3 is 0 Å². The molecule has 1 heteroatoms. The monoisotopic (exact) mass is 182 g/mol. The first-order valence-electron chi connectivity index (χ1n) is 5.80. The first kappa shape index (κ1) is 10.7. The molecule has 1 nitrogen and oxygen atoms in total. The Morgan fingerprint density at radius 3 is 2.23 bits per heavy atom. The molecular weight excluding hydrogens is 160 g/mol. The number of rotatable bonds is 5. The van der Waals surface area contributed by atoms with Crippen molar-refractivity contribution in [2.24, 2.45) is 11.8 Å². The number of ketones is 1. The molecule has 0 unspecified atom stereocenters. The molecule has 0 saturated heterocycles. The maximum absolute atomic E-state index is 11.8. The molecule has 0 aromatic heterocycles. The first-order valence-corrected chi connectivity index (χ1v) is 5.80. The van der Waals surface area contributed by atoms with Gasteiger partial charge < -0.3 is 0 Å². The number of carbonyl (C=O) groups excluding carboxylic acids is 1. The molecule has 13 heavy (non-hydrogen) atoms. The second kappa shape index (κ2) is 5.41. The van der Waals surface area contributed by atoms with Crippen LogP contribution in [0, 0.1) is 11.8 Å². The molecule has 76 valence electrons. The third kappa shape index (κ3) is 3.13. The van der Waals surface area contributed by atoms with E-state index in [1.54, 1.807) is 0 Å². The van der Waals surface area contributed by atoms with Crippen LogP contribution in [0.2, 0.25) is 0 Å². The molecule has 0 heterocycles. The Morgan fingerprint density at radius 2 is 1.77 bits per heavy atom. The molecule has 1 saturated carbocycles. The Morgan fingerprint density at radius 1 is 1.23 bits per heavy atom. The number of carbonyl (C=O) groups is 1. The average Bonchev–Trinajstić information content (AvgIpc) is 2.59.